The topological polar surface area (TPSA) is 60.5 Å². The molecule has 0 aliphatic carbocycles. The maximum atomic E-state index is 11.9. The summed E-state index contributed by atoms with van der Waals surface area (Å²) in [5.74, 6) is 0.563. The van der Waals surface area contributed by atoms with Crippen LogP contribution in [0.4, 0.5) is 11.4 Å². The quantitative estimate of drug-likeness (QED) is 0.565. The van der Waals surface area contributed by atoms with Crippen LogP contribution in [0.5, 0.6) is 0 Å². The van der Waals surface area contributed by atoms with Crippen molar-refractivity contribution in [3.05, 3.63) is 41.2 Å². The minimum Gasteiger partial charge on any atom is -0.464 e. The summed E-state index contributed by atoms with van der Waals surface area (Å²) in [7, 11) is 1.36. The predicted molar refractivity (Wildman–Crippen MR) is 108 cm³/mol. The van der Waals surface area contributed by atoms with Crippen molar-refractivity contribution < 1.29 is 9.53 Å². The summed E-state index contributed by atoms with van der Waals surface area (Å²) in [5.41, 5.74) is 8.99. The number of aromatic nitrogens is 1. The third-order valence-electron chi connectivity index (χ3n) is 3.99. The Morgan fingerprint density at radius 1 is 1.23 bits per heavy atom. The minimum atomic E-state index is -0.407. The van der Waals surface area contributed by atoms with E-state index in [4.69, 9.17) is 22.1 Å². The van der Waals surface area contributed by atoms with E-state index in [1.807, 2.05) is 12.1 Å². The molecule has 0 fully saturated rings. The van der Waals surface area contributed by atoms with Gasteiger partial charge >= 0.3 is 5.97 Å². The number of carbonyl (C=O) groups is 1. The van der Waals surface area contributed by atoms with E-state index >= 15 is 0 Å². The third-order valence-corrected chi connectivity index (χ3v) is 4.27. The van der Waals surface area contributed by atoms with Gasteiger partial charge in [0, 0.05) is 25.0 Å². The van der Waals surface area contributed by atoms with Gasteiger partial charge in [-0.2, -0.15) is 0 Å². The number of nitrogens with zero attached hydrogens (tertiary/aromatic N) is 2. The zero-order valence-corrected chi connectivity index (χ0v) is 16.9. The third kappa shape index (κ3) is 4.52. The van der Waals surface area contributed by atoms with Crippen LogP contribution in [0.1, 0.15) is 38.2 Å². The maximum Gasteiger partial charge on any atom is 0.355 e. The SMILES string of the molecule is COC(=O)c1cccn1-c1cc(N)c(N(CC(C)C)CC(C)C)c(Cl)c1. The molecule has 2 N–H and O–H groups in total. The number of halogens is 1. The first-order chi connectivity index (χ1) is 12.2. The minimum absolute atomic E-state index is 0.407. The Kier molecular flexibility index (Phi) is 6.59. The second-order valence-corrected chi connectivity index (χ2v) is 7.72. The Labute approximate surface area is 160 Å². The number of anilines is 2. The molecule has 0 amide bonds. The normalized spacial score (nSPS) is 11.2. The van der Waals surface area contributed by atoms with Gasteiger partial charge in [-0.3, -0.25) is 0 Å². The van der Waals surface area contributed by atoms with Gasteiger partial charge in [-0.15, -0.1) is 0 Å². The van der Waals surface area contributed by atoms with E-state index in [0.29, 0.717) is 28.2 Å². The lowest BCUT2D eigenvalue weighted by Gasteiger charge is -2.30. The monoisotopic (exact) mass is 377 g/mol. The van der Waals surface area contributed by atoms with Gasteiger partial charge < -0.3 is 19.9 Å². The van der Waals surface area contributed by atoms with Crippen molar-refractivity contribution in [1.29, 1.82) is 0 Å². The van der Waals surface area contributed by atoms with Crippen molar-refractivity contribution in [3.8, 4) is 5.69 Å². The number of benzene rings is 1. The molecule has 0 bridgehead atoms. The smallest absolute Gasteiger partial charge is 0.355 e. The Bertz CT molecular complexity index is 735. The molecule has 1 heterocycles. The average Bonchev–Trinajstić information content (AvgIpc) is 3.01. The van der Waals surface area contributed by atoms with Crippen LogP contribution in [0, 0.1) is 11.8 Å². The first-order valence-corrected chi connectivity index (χ1v) is 9.22. The highest BCUT2D eigenvalue weighted by Crippen LogP contribution is 2.36. The summed E-state index contributed by atoms with van der Waals surface area (Å²) in [6.45, 7) is 10.4. The van der Waals surface area contributed by atoms with Gasteiger partial charge in [-0.1, -0.05) is 39.3 Å². The summed E-state index contributed by atoms with van der Waals surface area (Å²) >= 11 is 6.63. The molecule has 0 spiro atoms. The standard InChI is InChI=1S/C20H28ClN3O2/c1-13(2)11-23(12-14(3)4)19-16(21)9-15(10-17(19)22)24-8-6-7-18(24)20(25)26-5/h6-10,13-14H,11-12,22H2,1-5H3. The van der Waals surface area contributed by atoms with Crippen LogP contribution in [0.2, 0.25) is 5.02 Å². The Hall–Kier alpha value is -2.14. The maximum absolute atomic E-state index is 11.9. The Balaban J connectivity index is 2.47. The van der Waals surface area contributed by atoms with Crippen molar-refractivity contribution in [1.82, 2.24) is 4.57 Å². The van der Waals surface area contributed by atoms with Crippen molar-refractivity contribution in [2.45, 2.75) is 27.7 Å². The molecule has 2 aromatic rings. The molecule has 0 saturated carbocycles. The van der Waals surface area contributed by atoms with Gasteiger partial charge in [0.25, 0.3) is 0 Å². The molecule has 0 aliphatic rings. The summed E-state index contributed by atoms with van der Waals surface area (Å²) in [6, 6.07) is 7.18. The van der Waals surface area contributed by atoms with E-state index in [9.17, 15) is 4.79 Å². The van der Waals surface area contributed by atoms with Gasteiger partial charge in [-0.25, -0.2) is 4.79 Å². The second-order valence-electron chi connectivity index (χ2n) is 7.31. The molecule has 6 heteroatoms. The van der Waals surface area contributed by atoms with E-state index in [-0.39, 0.29) is 0 Å². The van der Waals surface area contributed by atoms with Crippen LogP contribution in [0.15, 0.2) is 30.5 Å². The van der Waals surface area contributed by atoms with Gasteiger partial charge in [0.05, 0.1) is 23.5 Å². The Morgan fingerprint density at radius 2 is 1.85 bits per heavy atom. The van der Waals surface area contributed by atoms with E-state index in [1.54, 1.807) is 22.9 Å². The summed E-state index contributed by atoms with van der Waals surface area (Å²) < 4.78 is 6.56. The van der Waals surface area contributed by atoms with Crippen molar-refractivity contribution in [2.24, 2.45) is 11.8 Å². The molecule has 0 radical (unpaired) electrons. The summed E-state index contributed by atoms with van der Waals surface area (Å²) in [4.78, 5) is 14.2. The number of carbonyl (C=O) groups excluding carboxylic acids is 1. The average molecular weight is 378 g/mol. The number of esters is 1. The van der Waals surface area contributed by atoms with Crippen LogP contribution >= 0.6 is 11.6 Å². The van der Waals surface area contributed by atoms with Crippen molar-refractivity contribution in [3.63, 3.8) is 0 Å². The number of hydrogen-bond donors (Lipinski definition) is 1. The Morgan fingerprint density at radius 3 is 2.35 bits per heavy atom. The summed E-state index contributed by atoms with van der Waals surface area (Å²) in [6.07, 6.45) is 1.79. The molecule has 26 heavy (non-hydrogen) atoms. The molecular weight excluding hydrogens is 350 g/mol. The first-order valence-electron chi connectivity index (χ1n) is 8.84. The van der Waals surface area contributed by atoms with Gasteiger partial charge in [0.2, 0.25) is 0 Å². The highest BCUT2D eigenvalue weighted by Gasteiger charge is 2.19. The highest BCUT2D eigenvalue weighted by molar-refractivity contribution is 6.34. The molecule has 0 saturated heterocycles. The van der Waals surface area contributed by atoms with E-state index in [1.165, 1.54) is 7.11 Å². The van der Waals surface area contributed by atoms with Crippen LogP contribution in [-0.4, -0.2) is 30.7 Å². The van der Waals surface area contributed by atoms with Crippen LogP contribution < -0.4 is 10.6 Å². The molecular formula is C20H28ClN3O2. The molecule has 142 valence electrons. The van der Waals surface area contributed by atoms with Crippen molar-refractivity contribution in [2.75, 3.05) is 30.8 Å². The number of methoxy groups -OCH3 is 1. The lowest BCUT2D eigenvalue weighted by molar-refractivity contribution is 0.0591. The van der Waals surface area contributed by atoms with Gasteiger partial charge in [0.15, 0.2) is 0 Å². The van der Waals surface area contributed by atoms with Gasteiger partial charge in [0.1, 0.15) is 5.69 Å². The zero-order chi connectivity index (χ0) is 19.4. The van der Waals surface area contributed by atoms with Gasteiger partial charge in [-0.05, 0) is 36.1 Å². The number of nitrogen functional groups attached to an aromatic ring is 1. The molecule has 0 aliphatic heterocycles. The van der Waals surface area contributed by atoms with Crippen LogP contribution in [0.3, 0.4) is 0 Å². The zero-order valence-electron chi connectivity index (χ0n) is 16.1. The summed E-state index contributed by atoms with van der Waals surface area (Å²) in [5, 5.41) is 0.575. The number of rotatable bonds is 7. The highest BCUT2D eigenvalue weighted by atomic mass is 35.5. The van der Waals surface area contributed by atoms with E-state index < -0.39 is 5.97 Å². The molecule has 5 nitrogen and oxygen atoms in total. The fourth-order valence-corrected chi connectivity index (χ4v) is 3.43. The molecule has 1 aromatic carbocycles. The predicted octanol–water partition coefficient (Wildman–Crippen LogP) is 4.62. The molecule has 0 atom stereocenters. The van der Waals surface area contributed by atoms with E-state index in [0.717, 1.165) is 24.5 Å². The first kappa shape index (κ1) is 20.2. The lowest BCUT2D eigenvalue weighted by atomic mass is 10.1. The molecule has 1 aromatic heterocycles. The fraction of sp³-hybridized carbons (Fsp3) is 0.450. The van der Waals surface area contributed by atoms with Crippen molar-refractivity contribution >= 4 is 28.9 Å². The lowest BCUT2D eigenvalue weighted by Crippen LogP contribution is -2.32. The van der Waals surface area contributed by atoms with Crippen LogP contribution in [-0.2, 0) is 4.74 Å². The molecule has 0 unspecified atom stereocenters. The number of ether oxygens (including phenoxy) is 1. The fourth-order valence-electron chi connectivity index (χ4n) is 3.09. The van der Waals surface area contributed by atoms with Crippen LogP contribution in [0.25, 0.3) is 5.69 Å². The number of hydrogen-bond acceptors (Lipinski definition) is 4. The second kappa shape index (κ2) is 8.49. The number of nitrogens with two attached hydrogens (primary N) is 1. The largest absolute Gasteiger partial charge is 0.464 e. The van der Waals surface area contributed by atoms with E-state index in [2.05, 4.69) is 32.6 Å². The molecule has 2 rings (SSSR count).